The van der Waals surface area contributed by atoms with Crippen molar-refractivity contribution in [2.45, 2.75) is 0 Å². The van der Waals surface area contributed by atoms with Gasteiger partial charge in [-0.05, 0) is 11.6 Å². The predicted molar refractivity (Wildman–Crippen MR) is 45.0 cm³/mol. The molecule has 3 nitrogen and oxygen atoms in total. The first kappa shape index (κ1) is 9.01. The first-order chi connectivity index (χ1) is 6.24. The Hall–Kier alpha value is -2.08. The molecule has 0 aliphatic heterocycles. The lowest BCUT2D eigenvalue weighted by Crippen LogP contribution is -2.19. The predicted octanol–water partition coefficient (Wildman–Crippen LogP) is 0.343. The van der Waals surface area contributed by atoms with Crippen molar-refractivity contribution in [2.24, 2.45) is 0 Å². The number of nitriles is 1. The smallest absolute Gasteiger partial charge is 0.0998 e. The topological polar surface area (TPSA) is 63.9 Å². The van der Waals surface area contributed by atoms with Crippen molar-refractivity contribution in [3.8, 4) is 6.07 Å². The fraction of sp³-hybridized carbons (Fsp3) is 0. The molecule has 64 valence electrons. The second-order valence-corrected chi connectivity index (χ2v) is 2.35. The summed E-state index contributed by atoms with van der Waals surface area (Å²) in [6, 6.07) is 10.4. The zero-order chi connectivity index (χ0) is 9.68. The Morgan fingerprint density at radius 3 is 2.46 bits per heavy atom. The molecule has 0 aliphatic rings. The van der Waals surface area contributed by atoms with Crippen LogP contribution in [0.1, 0.15) is 5.56 Å². The van der Waals surface area contributed by atoms with Crippen LogP contribution >= 0.6 is 0 Å². The lowest BCUT2D eigenvalue weighted by Gasteiger charge is -1.98. The van der Waals surface area contributed by atoms with Crippen LogP contribution in [0, 0.1) is 11.3 Å². The third-order valence-corrected chi connectivity index (χ3v) is 1.47. The zero-order valence-corrected chi connectivity index (χ0v) is 6.73. The zero-order valence-electron chi connectivity index (χ0n) is 6.73. The third-order valence-electron chi connectivity index (χ3n) is 1.47. The lowest BCUT2D eigenvalue weighted by atomic mass is 10.1. The summed E-state index contributed by atoms with van der Waals surface area (Å²) in [4.78, 5) is 10.2. The largest absolute Gasteiger partial charge is 0.545 e. The maximum Gasteiger partial charge on any atom is 0.0998 e. The molecular weight excluding hydrogens is 166 g/mol. The van der Waals surface area contributed by atoms with E-state index in [9.17, 15) is 9.90 Å². The van der Waals surface area contributed by atoms with Crippen LogP contribution in [0.25, 0.3) is 5.57 Å². The first-order valence-electron chi connectivity index (χ1n) is 3.62. The minimum atomic E-state index is -1.36. The molecule has 13 heavy (non-hydrogen) atoms. The van der Waals surface area contributed by atoms with Crippen LogP contribution < -0.4 is 5.11 Å². The van der Waals surface area contributed by atoms with Gasteiger partial charge in [0.2, 0.25) is 0 Å². The number of hydrogen-bond donors (Lipinski definition) is 0. The maximum absolute atomic E-state index is 10.2. The highest BCUT2D eigenvalue weighted by Crippen LogP contribution is 2.11. The number of carbonyl (C=O) groups excluding carboxylic acids is 1. The second kappa shape index (κ2) is 4.07. The van der Waals surface area contributed by atoms with E-state index in [1.165, 1.54) is 0 Å². The highest BCUT2D eigenvalue weighted by molar-refractivity contribution is 5.93. The van der Waals surface area contributed by atoms with Crippen LogP contribution in [0.4, 0.5) is 0 Å². The molecule has 3 heteroatoms. The fourth-order valence-electron chi connectivity index (χ4n) is 0.916. The summed E-state index contributed by atoms with van der Waals surface area (Å²) < 4.78 is 0. The Labute approximate surface area is 75.5 Å². The van der Waals surface area contributed by atoms with E-state index in [2.05, 4.69) is 0 Å². The molecule has 0 radical (unpaired) electrons. The van der Waals surface area contributed by atoms with Crippen LogP contribution in [0.2, 0.25) is 0 Å². The highest BCUT2D eigenvalue weighted by Gasteiger charge is 1.97. The van der Waals surface area contributed by atoms with Crippen molar-refractivity contribution >= 4 is 11.5 Å². The Kier molecular flexibility index (Phi) is 2.82. The summed E-state index contributed by atoms with van der Waals surface area (Å²) in [5.41, 5.74) is 0.676. The molecule has 0 saturated carbocycles. The van der Waals surface area contributed by atoms with Gasteiger partial charge < -0.3 is 9.90 Å². The summed E-state index contributed by atoms with van der Waals surface area (Å²) in [6.45, 7) is 0. The highest BCUT2D eigenvalue weighted by atomic mass is 16.4. The van der Waals surface area contributed by atoms with Crippen LogP contribution in [0.5, 0.6) is 0 Å². The van der Waals surface area contributed by atoms with Crippen molar-refractivity contribution in [1.82, 2.24) is 0 Å². The molecule has 1 aromatic rings. The number of rotatable bonds is 2. The molecule has 1 aromatic carbocycles. The molecule has 1 rings (SSSR count). The third kappa shape index (κ3) is 2.46. The minimum absolute atomic E-state index is 0.0978. The van der Waals surface area contributed by atoms with Crippen LogP contribution in [-0.2, 0) is 4.79 Å². The first-order valence-corrected chi connectivity index (χ1v) is 3.62. The van der Waals surface area contributed by atoms with Crippen molar-refractivity contribution in [2.75, 3.05) is 0 Å². The molecule has 0 N–H and O–H groups in total. The normalized spacial score (nSPS) is 10.5. The van der Waals surface area contributed by atoms with Crippen LogP contribution in [-0.4, -0.2) is 5.97 Å². The summed E-state index contributed by atoms with van der Waals surface area (Å²) in [5, 5.41) is 18.8. The summed E-state index contributed by atoms with van der Waals surface area (Å²) in [7, 11) is 0. The van der Waals surface area contributed by atoms with Gasteiger partial charge in [-0.25, -0.2) is 0 Å². The maximum atomic E-state index is 10.2. The van der Waals surface area contributed by atoms with Crippen molar-refractivity contribution in [3.05, 3.63) is 42.0 Å². The van der Waals surface area contributed by atoms with Gasteiger partial charge >= 0.3 is 0 Å². The molecule has 0 heterocycles. The van der Waals surface area contributed by atoms with E-state index in [1.807, 2.05) is 0 Å². The van der Waals surface area contributed by atoms with Gasteiger partial charge in [-0.2, -0.15) is 5.26 Å². The molecule has 0 bridgehead atoms. The van der Waals surface area contributed by atoms with Gasteiger partial charge in [-0.15, -0.1) is 0 Å². The average Bonchev–Trinajstić information content (AvgIpc) is 2.15. The van der Waals surface area contributed by atoms with E-state index < -0.39 is 5.97 Å². The molecule has 0 saturated heterocycles. The number of hydrogen-bond acceptors (Lipinski definition) is 3. The Morgan fingerprint density at radius 2 is 2.00 bits per heavy atom. The van der Waals surface area contributed by atoms with E-state index >= 15 is 0 Å². The van der Waals surface area contributed by atoms with Crippen LogP contribution in [0.15, 0.2) is 36.4 Å². The number of allylic oxidation sites excluding steroid dienone is 1. The van der Waals surface area contributed by atoms with Crippen molar-refractivity contribution in [1.29, 1.82) is 5.26 Å². The van der Waals surface area contributed by atoms with E-state index in [0.29, 0.717) is 5.56 Å². The molecule has 0 fully saturated rings. The van der Waals surface area contributed by atoms with E-state index in [1.54, 1.807) is 36.4 Å². The SMILES string of the molecule is N#CC(=CC(=O)[O-])c1ccccc1. The van der Waals surface area contributed by atoms with Gasteiger partial charge in [0, 0.05) is 0 Å². The number of carbonyl (C=O) groups is 1. The van der Waals surface area contributed by atoms with Crippen molar-refractivity contribution in [3.63, 3.8) is 0 Å². The standard InChI is InChI=1S/C10H7NO2/c11-7-9(6-10(12)13)8-4-2-1-3-5-8/h1-6H,(H,12,13)/p-1. The number of nitrogens with zero attached hydrogens (tertiary/aromatic N) is 1. The number of carboxylic acids is 1. The molecule has 0 spiro atoms. The average molecular weight is 172 g/mol. The number of aliphatic carboxylic acids is 1. The van der Waals surface area contributed by atoms with Gasteiger partial charge in [0.05, 0.1) is 17.6 Å². The molecule has 0 aliphatic carbocycles. The fourth-order valence-corrected chi connectivity index (χ4v) is 0.916. The molecule has 0 unspecified atom stereocenters. The Balaban J connectivity index is 3.07. The molecule has 0 aromatic heterocycles. The molecule has 0 amide bonds. The Bertz CT molecular complexity index is 374. The quantitative estimate of drug-likeness (QED) is 0.477. The molecule has 0 atom stereocenters. The Morgan fingerprint density at radius 1 is 1.38 bits per heavy atom. The van der Waals surface area contributed by atoms with Gasteiger partial charge in [0.15, 0.2) is 0 Å². The number of benzene rings is 1. The summed E-state index contributed by atoms with van der Waals surface area (Å²) >= 11 is 0. The molecular formula is C10H6NO2-. The van der Waals surface area contributed by atoms with Crippen molar-refractivity contribution < 1.29 is 9.90 Å². The van der Waals surface area contributed by atoms with E-state index in [4.69, 9.17) is 5.26 Å². The van der Waals surface area contributed by atoms with Gasteiger partial charge in [0.25, 0.3) is 0 Å². The van der Waals surface area contributed by atoms with Gasteiger partial charge in [0.1, 0.15) is 0 Å². The summed E-state index contributed by atoms with van der Waals surface area (Å²) in [5.74, 6) is -1.36. The second-order valence-electron chi connectivity index (χ2n) is 2.35. The van der Waals surface area contributed by atoms with Gasteiger partial charge in [-0.3, -0.25) is 0 Å². The number of carboxylic acid groups (broad SMARTS) is 1. The lowest BCUT2D eigenvalue weighted by molar-refractivity contribution is -0.297. The summed E-state index contributed by atoms with van der Waals surface area (Å²) in [6.07, 6.45) is 0.787. The van der Waals surface area contributed by atoms with E-state index in [0.717, 1.165) is 6.08 Å². The van der Waals surface area contributed by atoms with Crippen LogP contribution in [0.3, 0.4) is 0 Å². The monoisotopic (exact) mass is 172 g/mol. The van der Waals surface area contributed by atoms with Gasteiger partial charge in [-0.1, -0.05) is 30.3 Å². The minimum Gasteiger partial charge on any atom is -0.545 e. The van der Waals surface area contributed by atoms with E-state index in [-0.39, 0.29) is 5.57 Å².